The Labute approximate surface area is 116 Å². The summed E-state index contributed by atoms with van der Waals surface area (Å²) in [6.45, 7) is 0. The fourth-order valence-corrected chi connectivity index (χ4v) is 2.46. The van der Waals surface area contributed by atoms with Crippen LogP contribution in [0.1, 0.15) is 5.69 Å². The number of carboxylic acid groups (broad SMARTS) is 1. The lowest BCUT2D eigenvalue weighted by atomic mass is 10.2. The summed E-state index contributed by atoms with van der Waals surface area (Å²) in [6, 6.07) is 3.03. The van der Waals surface area contributed by atoms with Crippen LogP contribution in [0.2, 0.25) is 5.02 Å². The van der Waals surface area contributed by atoms with Crippen LogP contribution in [-0.4, -0.2) is 35.7 Å². The van der Waals surface area contributed by atoms with E-state index in [0.29, 0.717) is 5.65 Å². The average Bonchev–Trinajstić information content (AvgIpc) is 2.70. The van der Waals surface area contributed by atoms with E-state index in [9.17, 15) is 13.8 Å². The molecule has 0 saturated carbocycles. The van der Waals surface area contributed by atoms with E-state index in [1.165, 1.54) is 22.7 Å². The first-order valence-corrected chi connectivity index (χ1v) is 7.23. The molecular formula is C10H9ClFN2O5P. The van der Waals surface area contributed by atoms with Crippen molar-refractivity contribution in [3.63, 3.8) is 0 Å². The zero-order valence-corrected chi connectivity index (χ0v) is 11.4. The van der Waals surface area contributed by atoms with Gasteiger partial charge in [0.1, 0.15) is 5.65 Å². The molecular weight excluding hydrogens is 314 g/mol. The predicted octanol–water partition coefficient (Wildman–Crippen LogP) is 1.46. The second-order valence-corrected chi connectivity index (χ2v) is 6.34. The Bertz CT molecular complexity index is 730. The van der Waals surface area contributed by atoms with Crippen molar-refractivity contribution in [1.82, 2.24) is 9.38 Å². The summed E-state index contributed by atoms with van der Waals surface area (Å²) in [4.78, 5) is 32.6. The zero-order valence-electron chi connectivity index (χ0n) is 9.77. The van der Waals surface area contributed by atoms with Gasteiger partial charge in [0, 0.05) is 24.5 Å². The number of nitrogens with zero attached hydrogens (tertiary/aromatic N) is 2. The van der Waals surface area contributed by atoms with Crippen LogP contribution in [0.25, 0.3) is 5.65 Å². The van der Waals surface area contributed by atoms with Gasteiger partial charge in [0.2, 0.25) is 0 Å². The van der Waals surface area contributed by atoms with Crippen LogP contribution in [0.5, 0.6) is 0 Å². The summed E-state index contributed by atoms with van der Waals surface area (Å²) in [5.74, 6) is -2.23. The van der Waals surface area contributed by atoms with Crippen molar-refractivity contribution in [2.45, 2.75) is 11.8 Å². The minimum Gasteiger partial charge on any atom is -0.478 e. The molecule has 0 aliphatic rings. The van der Waals surface area contributed by atoms with Gasteiger partial charge in [-0.1, -0.05) is 11.6 Å². The highest BCUT2D eigenvalue weighted by molar-refractivity contribution is 7.54. The first-order chi connectivity index (χ1) is 9.15. The maximum absolute atomic E-state index is 14.2. The second-order valence-electron chi connectivity index (χ2n) is 4.11. The maximum atomic E-state index is 14.2. The molecule has 0 fully saturated rings. The molecule has 10 heteroatoms. The first kappa shape index (κ1) is 14.9. The average molecular weight is 323 g/mol. The summed E-state index contributed by atoms with van der Waals surface area (Å²) in [6.07, 6.45) is 1.45. The van der Waals surface area contributed by atoms with E-state index < -0.39 is 25.4 Å². The second kappa shape index (κ2) is 4.82. The number of carbonyl (C=O) groups is 1. The SMILES string of the molecule is O=C(O)C(F)(Cc1cnc2ccc(Cl)cn12)P(=O)(O)O. The molecule has 2 heterocycles. The summed E-state index contributed by atoms with van der Waals surface area (Å²) in [5, 5.41) is 5.34. The minimum absolute atomic E-state index is 0.0178. The van der Waals surface area contributed by atoms with E-state index in [-0.39, 0.29) is 10.7 Å². The summed E-state index contributed by atoms with van der Waals surface area (Å²) >= 11 is 5.76. The van der Waals surface area contributed by atoms with E-state index in [1.807, 2.05) is 0 Å². The standard InChI is InChI=1S/C10H9ClFN2O5P/c11-6-1-2-8-13-4-7(14(8)5-6)3-10(12,9(15)16)20(17,18)19/h1-2,4-5H,3H2,(H,15,16)(H2,17,18,19). The molecule has 108 valence electrons. The maximum Gasteiger partial charge on any atom is 0.374 e. The van der Waals surface area contributed by atoms with Gasteiger partial charge >= 0.3 is 19.0 Å². The number of pyridine rings is 1. The molecule has 7 nitrogen and oxygen atoms in total. The lowest BCUT2D eigenvalue weighted by molar-refractivity contribution is -0.146. The van der Waals surface area contributed by atoms with Crippen LogP contribution in [0.3, 0.4) is 0 Å². The van der Waals surface area contributed by atoms with E-state index in [4.69, 9.17) is 26.5 Å². The number of alkyl halides is 1. The third-order valence-electron chi connectivity index (χ3n) is 2.75. The number of aromatic nitrogens is 2. The van der Waals surface area contributed by atoms with Crippen LogP contribution < -0.4 is 0 Å². The monoisotopic (exact) mass is 322 g/mol. The molecule has 2 aromatic rings. The van der Waals surface area contributed by atoms with Crippen molar-refractivity contribution in [3.8, 4) is 0 Å². The van der Waals surface area contributed by atoms with Crippen molar-refractivity contribution < 1.29 is 28.6 Å². The Morgan fingerprint density at radius 3 is 2.70 bits per heavy atom. The summed E-state index contributed by atoms with van der Waals surface area (Å²) in [5.41, 5.74) is 0.332. The highest BCUT2D eigenvalue weighted by atomic mass is 35.5. The zero-order chi connectivity index (χ0) is 15.1. The van der Waals surface area contributed by atoms with Gasteiger partial charge in [-0.25, -0.2) is 14.2 Å². The Balaban J connectivity index is 2.52. The minimum atomic E-state index is -5.52. The van der Waals surface area contributed by atoms with Gasteiger partial charge in [-0.2, -0.15) is 0 Å². The van der Waals surface area contributed by atoms with Gasteiger partial charge in [-0.3, -0.25) is 4.57 Å². The molecule has 0 aliphatic heterocycles. The van der Waals surface area contributed by atoms with E-state index in [2.05, 4.69) is 4.98 Å². The van der Waals surface area contributed by atoms with E-state index in [0.717, 1.165) is 6.20 Å². The third-order valence-corrected chi connectivity index (χ3v) is 4.25. The number of imidazole rings is 1. The summed E-state index contributed by atoms with van der Waals surface area (Å²) in [7, 11) is -5.52. The molecule has 0 saturated heterocycles. The molecule has 0 aliphatic carbocycles. The number of carboxylic acids is 1. The van der Waals surface area contributed by atoms with Crippen LogP contribution in [-0.2, 0) is 15.8 Å². The Morgan fingerprint density at radius 1 is 1.50 bits per heavy atom. The molecule has 3 N–H and O–H groups in total. The molecule has 1 unspecified atom stereocenters. The quantitative estimate of drug-likeness (QED) is 0.735. The number of halogens is 2. The molecule has 0 radical (unpaired) electrons. The van der Waals surface area contributed by atoms with E-state index in [1.54, 1.807) is 0 Å². The molecule has 0 aromatic carbocycles. The summed E-state index contributed by atoms with van der Waals surface area (Å²) < 4.78 is 26.6. The van der Waals surface area contributed by atoms with Gasteiger partial charge in [0.15, 0.2) is 0 Å². The van der Waals surface area contributed by atoms with Gasteiger partial charge < -0.3 is 19.3 Å². The highest BCUT2D eigenvalue weighted by Crippen LogP contribution is 2.53. The molecule has 1 atom stereocenters. The fourth-order valence-electron chi connectivity index (χ4n) is 1.68. The molecule has 0 amide bonds. The van der Waals surface area contributed by atoms with Gasteiger partial charge in [0.25, 0.3) is 0 Å². The van der Waals surface area contributed by atoms with Crippen LogP contribution in [0.15, 0.2) is 24.5 Å². The molecule has 0 bridgehead atoms. The Hall–Kier alpha value is -1.47. The van der Waals surface area contributed by atoms with Crippen molar-refractivity contribution in [3.05, 3.63) is 35.2 Å². The lowest BCUT2D eigenvalue weighted by Gasteiger charge is -2.21. The number of fused-ring (bicyclic) bond motifs is 1. The highest BCUT2D eigenvalue weighted by Gasteiger charge is 2.55. The fraction of sp³-hybridized carbons (Fsp3) is 0.200. The van der Waals surface area contributed by atoms with Crippen LogP contribution in [0, 0.1) is 0 Å². The normalized spacial score (nSPS) is 15.2. The van der Waals surface area contributed by atoms with Crippen molar-refractivity contribution in [2.24, 2.45) is 0 Å². The number of hydrogen-bond acceptors (Lipinski definition) is 3. The van der Waals surface area contributed by atoms with Gasteiger partial charge in [-0.05, 0) is 12.1 Å². The third kappa shape index (κ3) is 2.43. The first-order valence-electron chi connectivity index (χ1n) is 5.24. The largest absolute Gasteiger partial charge is 0.478 e. The topological polar surface area (TPSA) is 112 Å². The lowest BCUT2D eigenvalue weighted by Crippen LogP contribution is -2.36. The van der Waals surface area contributed by atoms with Gasteiger partial charge in [-0.15, -0.1) is 0 Å². The number of rotatable bonds is 4. The Morgan fingerprint density at radius 2 is 2.15 bits per heavy atom. The van der Waals surface area contributed by atoms with Gasteiger partial charge in [0.05, 0.1) is 5.02 Å². The van der Waals surface area contributed by atoms with Crippen LogP contribution >= 0.6 is 19.2 Å². The number of hydrogen-bond donors (Lipinski definition) is 3. The van der Waals surface area contributed by atoms with Crippen molar-refractivity contribution in [1.29, 1.82) is 0 Å². The van der Waals surface area contributed by atoms with E-state index >= 15 is 0 Å². The predicted molar refractivity (Wildman–Crippen MR) is 67.4 cm³/mol. The molecule has 2 rings (SSSR count). The van der Waals surface area contributed by atoms with Crippen molar-refractivity contribution >= 4 is 30.8 Å². The Kier molecular flexibility index (Phi) is 3.60. The van der Waals surface area contributed by atoms with Crippen LogP contribution in [0.4, 0.5) is 4.39 Å². The molecule has 0 spiro atoms. The molecule has 2 aromatic heterocycles. The number of aliphatic carboxylic acids is 1. The molecule has 20 heavy (non-hydrogen) atoms. The van der Waals surface area contributed by atoms with Crippen molar-refractivity contribution in [2.75, 3.05) is 0 Å². The smallest absolute Gasteiger partial charge is 0.374 e.